The number of hydrogen-bond acceptors (Lipinski definition) is 6. The van der Waals surface area contributed by atoms with Crippen LogP contribution >= 0.6 is 0 Å². The van der Waals surface area contributed by atoms with Crippen molar-refractivity contribution >= 4 is 21.9 Å². The summed E-state index contributed by atoms with van der Waals surface area (Å²) >= 11 is 0. The van der Waals surface area contributed by atoms with E-state index >= 15 is 0 Å². The molecule has 1 heterocycles. The summed E-state index contributed by atoms with van der Waals surface area (Å²) in [5.74, 6) is 1.05. The molecule has 0 bridgehead atoms. The molecule has 0 aliphatic rings. The van der Waals surface area contributed by atoms with Gasteiger partial charge in [-0.2, -0.15) is 18.4 Å². The molecule has 2 aromatic rings. The Hall–Kier alpha value is -2.68. The standard InChI is InChI=1S/C13H13N3O5S/c1-9-3-6-12(7-13(9)16(17)18)22(19,20)15-14-8-11-5-4-10(2)21-11/h3-8,15H,1-2H3/b14-8-. The fourth-order valence-electron chi connectivity index (χ4n) is 1.69. The first kappa shape index (κ1) is 15.7. The molecule has 0 saturated carbocycles. The van der Waals surface area contributed by atoms with E-state index in [1.165, 1.54) is 25.3 Å². The van der Waals surface area contributed by atoms with E-state index in [-0.39, 0.29) is 10.6 Å². The van der Waals surface area contributed by atoms with Crippen LogP contribution in [0.25, 0.3) is 0 Å². The minimum absolute atomic E-state index is 0.238. The number of hydrogen-bond donors (Lipinski definition) is 1. The van der Waals surface area contributed by atoms with E-state index in [9.17, 15) is 18.5 Å². The normalized spacial score (nSPS) is 11.7. The molecule has 0 unspecified atom stereocenters. The third-order valence-electron chi connectivity index (χ3n) is 2.81. The lowest BCUT2D eigenvalue weighted by molar-refractivity contribution is -0.385. The second-order valence-electron chi connectivity index (χ2n) is 4.51. The number of furan rings is 1. The van der Waals surface area contributed by atoms with Crippen LogP contribution in [-0.4, -0.2) is 19.6 Å². The highest BCUT2D eigenvalue weighted by atomic mass is 32.2. The quantitative estimate of drug-likeness (QED) is 0.514. The van der Waals surface area contributed by atoms with Gasteiger partial charge in [0.25, 0.3) is 15.7 Å². The Labute approximate surface area is 126 Å². The molecule has 1 aromatic heterocycles. The van der Waals surface area contributed by atoms with E-state index in [0.717, 1.165) is 6.07 Å². The van der Waals surface area contributed by atoms with Gasteiger partial charge >= 0.3 is 0 Å². The lowest BCUT2D eigenvalue weighted by atomic mass is 10.2. The van der Waals surface area contributed by atoms with Gasteiger partial charge in [0.2, 0.25) is 0 Å². The van der Waals surface area contributed by atoms with Crippen LogP contribution in [0.15, 0.2) is 44.7 Å². The molecule has 1 N–H and O–H groups in total. The molecule has 22 heavy (non-hydrogen) atoms. The van der Waals surface area contributed by atoms with Gasteiger partial charge in [-0.25, -0.2) is 0 Å². The third kappa shape index (κ3) is 3.50. The molecule has 2 rings (SSSR count). The first-order valence-electron chi connectivity index (χ1n) is 6.16. The number of nitro benzene ring substituents is 1. The van der Waals surface area contributed by atoms with Gasteiger partial charge in [0.15, 0.2) is 0 Å². The summed E-state index contributed by atoms with van der Waals surface area (Å²) in [5, 5.41) is 14.4. The molecule has 9 heteroatoms. The Balaban J connectivity index is 2.22. The van der Waals surface area contributed by atoms with Crippen molar-refractivity contribution in [3.63, 3.8) is 0 Å². The highest BCUT2D eigenvalue weighted by Gasteiger charge is 2.19. The minimum Gasteiger partial charge on any atom is -0.460 e. The number of nitrogens with zero attached hydrogens (tertiary/aromatic N) is 2. The van der Waals surface area contributed by atoms with Crippen LogP contribution < -0.4 is 4.83 Å². The van der Waals surface area contributed by atoms with E-state index in [4.69, 9.17) is 4.42 Å². The smallest absolute Gasteiger partial charge is 0.276 e. The number of aryl methyl sites for hydroxylation is 2. The number of sulfonamides is 1. The van der Waals surface area contributed by atoms with Crippen LogP contribution in [0.1, 0.15) is 17.1 Å². The van der Waals surface area contributed by atoms with Gasteiger partial charge in [-0.15, -0.1) is 0 Å². The SMILES string of the molecule is Cc1ccc(/C=N\NS(=O)(=O)c2ccc(C)c([N+](=O)[O-])c2)o1. The van der Waals surface area contributed by atoms with Crippen LogP contribution in [0.4, 0.5) is 5.69 Å². The molecule has 0 amide bonds. The monoisotopic (exact) mass is 323 g/mol. The third-order valence-corrected chi connectivity index (χ3v) is 4.03. The van der Waals surface area contributed by atoms with Crippen molar-refractivity contribution in [3.8, 4) is 0 Å². The van der Waals surface area contributed by atoms with Crippen molar-refractivity contribution in [2.45, 2.75) is 18.7 Å². The van der Waals surface area contributed by atoms with Crippen molar-refractivity contribution in [1.29, 1.82) is 0 Å². The highest BCUT2D eigenvalue weighted by Crippen LogP contribution is 2.21. The second kappa shape index (κ2) is 5.98. The van der Waals surface area contributed by atoms with Crippen molar-refractivity contribution in [3.05, 3.63) is 57.5 Å². The molecule has 0 radical (unpaired) electrons. The molecular formula is C13H13N3O5S. The van der Waals surface area contributed by atoms with Gasteiger partial charge in [0.1, 0.15) is 11.5 Å². The molecule has 1 aromatic carbocycles. The Morgan fingerprint density at radius 3 is 2.59 bits per heavy atom. The molecule has 8 nitrogen and oxygen atoms in total. The Bertz CT molecular complexity index is 839. The van der Waals surface area contributed by atoms with E-state index in [1.54, 1.807) is 19.1 Å². The van der Waals surface area contributed by atoms with Crippen LogP contribution in [0, 0.1) is 24.0 Å². The average molecular weight is 323 g/mol. The Morgan fingerprint density at radius 2 is 2.00 bits per heavy atom. The number of rotatable bonds is 5. The molecule has 0 fully saturated rings. The molecule has 0 spiro atoms. The van der Waals surface area contributed by atoms with Gasteiger partial charge in [-0.1, -0.05) is 6.07 Å². The minimum atomic E-state index is -3.99. The zero-order chi connectivity index (χ0) is 16.3. The van der Waals surface area contributed by atoms with E-state index in [1.807, 2.05) is 4.83 Å². The van der Waals surface area contributed by atoms with Gasteiger partial charge in [0, 0.05) is 11.6 Å². The molecule has 0 aliphatic heterocycles. The zero-order valence-electron chi connectivity index (χ0n) is 11.8. The van der Waals surface area contributed by atoms with Crippen molar-refractivity contribution in [2.24, 2.45) is 5.10 Å². The fourth-order valence-corrected chi connectivity index (χ4v) is 2.50. The highest BCUT2D eigenvalue weighted by molar-refractivity contribution is 7.89. The van der Waals surface area contributed by atoms with E-state index < -0.39 is 14.9 Å². The summed E-state index contributed by atoms with van der Waals surface area (Å²) in [6.07, 6.45) is 1.20. The predicted molar refractivity (Wildman–Crippen MR) is 79.2 cm³/mol. The van der Waals surface area contributed by atoms with Crippen molar-refractivity contribution in [2.75, 3.05) is 0 Å². The topological polar surface area (TPSA) is 115 Å². The van der Waals surface area contributed by atoms with Gasteiger partial charge in [-0.05, 0) is 32.0 Å². The molecule has 0 saturated heterocycles. The summed E-state index contributed by atoms with van der Waals surface area (Å²) in [6.45, 7) is 3.27. The lowest BCUT2D eigenvalue weighted by Gasteiger charge is -2.04. The van der Waals surface area contributed by atoms with Crippen LogP contribution in [0.5, 0.6) is 0 Å². The summed E-state index contributed by atoms with van der Waals surface area (Å²) in [5.41, 5.74) is 0.104. The number of nitrogens with one attached hydrogen (secondary N) is 1. The maximum atomic E-state index is 12.0. The maximum Gasteiger partial charge on any atom is 0.276 e. The average Bonchev–Trinajstić information content (AvgIpc) is 2.84. The number of benzene rings is 1. The van der Waals surface area contributed by atoms with Crippen molar-refractivity contribution in [1.82, 2.24) is 4.83 Å². The fraction of sp³-hybridized carbons (Fsp3) is 0.154. The van der Waals surface area contributed by atoms with Crippen LogP contribution in [-0.2, 0) is 10.0 Å². The molecule has 116 valence electrons. The Morgan fingerprint density at radius 1 is 1.27 bits per heavy atom. The Kier molecular flexibility index (Phi) is 4.27. The van der Waals surface area contributed by atoms with Crippen molar-refractivity contribution < 1.29 is 17.8 Å². The summed E-state index contributed by atoms with van der Waals surface area (Å²) in [6, 6.07) is 6.97. The maximum absolute atomic E-state index is 12.0. The summed E-state index contributed by atoms with van der Waals surface area (Å²) in [4.78, 5) is 12.0. The first-order valence-corrected chi connectivity index (χ1v) is 7.64. The molecular weight excluding hydrogens is 310 g/mol. The second-order valence-corrected chi connectivity index (χ2v) is 6.17. The van der Waals surface area contributed by atoms with Crippen LogP contribution in [0.2, 0.25) is 0 Å². The lowest BCUT2D eigenvalue weighted by Crippen LogP contribution is -2.18. The first-order chi connectivity index (χ1) is 10.3. The van der Waals surface area contributed by atoms with E-state index in [0.29, 0.717) is 17.1 Å². The van der Waals surface area contributed by atoms with Gasteiger partial charge < -0.3 is 4.42 Å². The largest absolute Gasteiger partial charge is 0.460 e. The van der Waals surface area contributed by atoms with Gasteiger partial charge in [0.05, 0.1) is 16.0 Å². The van der Waals surface area contributed by atoms with Crippen LogP contribution in [0.3, 0.4) is 0 Å². The van der Waals surface area contributed by atoms with Gasteiger partial charge in [-0.3, -0.25) is 10.1 Å². The molecule has 0 aliphatic carbocycles. The summed E-state index contributed by atoms with van der Waals surface area (Å²) in [7, 11) is -3.99. The molecule has 0 atom stereocenters. The predicted octanol–water partition coefficient (Wildman–Crippen LogP) is 2.12. The number of nitro groups is 1. The van der Waals surface area contributed by atoms with E-state index in [2.05, 4.69) is 5.10 Å². The summed E-state index contributed by atoms with van der Waals surface area (Å²) < 4.78 is 29.3. The zero-order valence-corrected chi connectivity index (χ0v) is 12.6. The number of hydrazone groups is 1.